The molecule has 70 valence electrons. The highest BCUT2D eigenvalue weighted by Crippen LogP contribution is 2.28. The largest absolute Gasteiger partial charge is 0.347 e. The van der Waals surface area contributed by atoms with Gasteiger partial charge >= 0.3 is 0 Å². The first kappa shape index (κ1) is 8.25. The number of nitrogens with two attached hydrogens (primary N) is 1. The molecule has 13 heavy (non-hydrogen) atoms. The van der Waals surface area contributed by atoms with Gasteiger partial charge in [-0.3, -0.25) is 4.79 Å². The molecule has 5 nitrogen and oxygen atoms in total. The van der Waals surface area contributed by atoms with Gasteiger partial charge in [0.2, 0.25) is 5.91 Å². The highest BCUT2D eigenvalue weighted by atomic mass is 16.2. The molecule has 2 heterocycles. The zero-order chi connectivity index (χ0) is 9.42. The number of rotatable bonds is 1. The first-order valence-corrected chi connectivity index (χ1v) is 4.19. The molecule has 0 unspecified atom stereocenters. The van der Waals surface area contributed by atoms with Gasteiger partial charge in [0.25, 0.3) is 0 Å². The van der Waals surface area contributed by atoms with E-state index in [2.05, 4.69) is 9.97 Å². The Hall–Kier alpha value is -1.36. The van der Waals surface area contributed by atoms with Crippen LogP contribution >= 0.6 is 0 Å². The van der Waals surface area contributed by atoms with Crippen molar-refractivity contribution in [2.45, 2.75) is 18.5 Å². The number of carbonyl (C=O) groups excluding carboxylic acids is 1. The minimum atomic E-state index is -0.127. The van der Waals surface area contributed by atoms with Gasteiger partial charge in [-0.25, -0.2) is 4.98 Å². The van der Waals surface area contributed by atoms with E-state index in [1.165, 1.54) is 0 Å². The van der Waals surface area contributed by atoms with Crippen molar-refractivity contribution in [3.05, 3.63) is 18.2 Å². The first-order chi connectivity index (χ1) is 6.20. The number of nitrogens with one attached hydrogen (secondary N) is 1. The lowest BCUT2D eigenvalue weighted by molar-refractivity contribution is -0.127. The average Bonchev–Trinajstić information content (AvgIpc) is 2.63. The molecule has 3 N–H and O–H groups in total. The van der Waals surface area contributed by atoms with Gasteiger partial charge in [0, 0.05) is 19.5 Å². The molecule has 0 saturated carbocycles. The number of hydrogen-bond donors (Lipinski definition) is 2. The molecule has 0 radical (unpaired) electrons. The first-order valence-electron chi connectivity index (χ1n) is 4.19. The van der Waals surface area contributed by atoms with Crippen molar-refractivity contribution in [3.8, 4) is 0 Å². The summed E-state index contributed by atoms with van der Waals surface area (Å²) in [7, 11) is 1.76. The van der Waals surface area contributed by atoms with E-state index in [4.69, 9.17) is 5.73 Å². The molecule has 0 bridgehead atoms. The van der Waals surface area contributed by atoms with Crippen molar-refractivity contribution in [2.24, 2.45) is 5.73 Å². The Morgan fingerprint density at radius 1 is 1.77 bits per heavy atom. The third-order valence-corrected chi connectivity index (χ3v) is 2.46. The summed E-state index contributed by atoms with van der Waals surface area (Å²) in [6, 6.07) is -0.173. The summed E-state index contributed by atoms with van der Waals surface area (Å²) in [5, 5.41) is 0. The van der Waals surface area contributed by atoms with E-state index in [1.807, 2.05) is 0 Å². The van der Waals surface area contributed by atoms with Crippen LogP contribution < -0.4 is 5.73 Å². The molecule has 1 aromatic rings. The Kier molecular flexibility index (Phi) is 1.81. The second kappa shape index (κ2) is 2.85. The molecule has 5 heteroatoms. The second-order valence-electron chi connectivity index (χ2n) is 3.32. The van der Waals surface area contributed by atoms with Crippen molar-refractivity contribution in [3.63, 3.8) is 0 Å². The predicted octanol–water partition coefficient (Wildman–Crippen LogP) is -0.360. The summed E-state index contributed by atoms with van der Waals surface area (Å²) in [6.45, 7) is 0. The van der Waals surface area contributed by atoms with Gasteiger partial charge in [0.1, 0.15) is 0 Å². The fourth-order valence-electron chi connectivity index (χ4n) is 1.77. The van der Waals surface area contributed by atoms with Crippen LogP contribution in [-0.4, -0.2) is 33.9 Å². The molecule has 0 aromatic carbocycles. The highest BCUT2D eigenvalue weighted by Gasteiger charge is 2.36. The van der Waals surface area contributed by atoms with Gasteiger partial charge in [-0.05, 0) is 0 Å². The van der Waals surface area contributed by atoms with Crippen molar-refractivity contribution in [1.82, 2.24) is 14.9 Å². The van der Waals surface area contributed by atoms with E-state index in [0.717, 1.165) is 5.69 Å². The zero-order valence-corrected chi connectivity index (χ0v) is 7.40. The third kappa shape index (κ3) is 1.21. The Labute approximate surface area is 75.9 Å². The second-order valence-corrected chi connectivity index (χ2v) is 3.32. The van der Waals surface area contributed by atoms with Crippen molar-refractivity contribution in [2.75, 3.05) is 7.05 Å². The van der Waals surface area contributed by atoms with Crippen molar-refractivity contribution < 1.29 is 4.79 Å². The number of aromatic nitrogens is 2. The van der Waals surface area contributed by atoms with E-state index in [-0.39, 0.29) is 18.0 Å². The fourth-order valence-corrected chi connectivity index (χ4v) is 1.77. The van der Waals surface area contributed by atoms with Gasteiger partial charge in [0.05, 0.1) is 24.3 Å². The third-order valence-electron chi connectivity index (χ3n) is 2.46. The van der Waals surface area contributed by atoms with Crippen LogP contribution in [0.5, 0.6) is 0 Å². The van der Waals surface area contributed by atoms with E-state index >= 15 is 0 Å². The molecular formula is C8H12N4O. The van der Waals surface area contributed by atoms with E-state index in [0.29, 0.717) is 6.42 Å². The number of imidazole rings is 1. The Balaban J connectivity index is 2.29. The van der Waals surface area contributed by atoms with Crippen LogP contribution in [0.4, 0.5) is 0 Å². The molecule has 1 aromatic heterocycles. The van der Waals surface area contributed by atoms with Gasteiger partial charge in [-0.2, -0.15) is 0 Å². The van der Waals surface area contributed by atoms with Crippen LogP contribution in [0.3, 0.4) is 0 Å². The maximum absolute atomic E-state index is 11.3. The number of H-pyrrole nitrogens is 1. The van der Waals surface area contributed by atoms with E-state index in [9.17, 15) is 4.79 Å². The molecule has 1 aliphatic heterocycles. The number of likely N-dealkylation sites (tertiary alicyclic amines) is 1. The summed E-state index contributed by atoms with van der Waals surface area (Å²) >= 11 is 0. The fraction of sp³-hybridized carbons (Fsp3) is 0.500. The van der Waals surface area contributed by atoms with Crippen molar-refractivity contribution >= 4 is 5.91 Å². The van der Waals surface area contributed by atoms with E-state index < -0.39 is 0 Å². The van der Waals surface area contributed by atoms with Crippen LogP contribution in [0.2, 0.25) is 0 Å². The molecule has 0 spiro atoms. The molecule has 2 rings (SSSR count). The SMILES string of the molecule is CN1C(=O)C[C@H](N)[C@H]1c1cnc[nH]1. The lowest BCUT2D eigenvalue weighted by atomic mass is 10.1. The number of nitrogens with zero attached hydrogens (tertiary/aromatic N) is 2. The number of aromatic amines is 1. The highest BCUT2D eigenvalue weighted by molar-refractivity contribution is 5.79. The monoisotopic (exact) mass is 180 g/mol. The smallest absolute Gasteiger partial charge is 0.224 e. The molecule has 1 aliphatic rings. The summed E-state index contributed by atoms with van der Waals surface area (Å²) in [5.74, 6) is 0.0899. The topological polar surface area (TPSA) is 75.0 Å². The summed E-state index contributed by atoms with van der Waals surface area (Å²) in [6.07, 6.45) is 3.72. The predicted molar refractivity (Wildman–Crippen MR) is 46.7 cm³/mol. The van der Waals surface area contributed by atoms with Gasteiger partial charge in [-0.1, -0.05) is 0 Å². The lowest BCUT2D eigenvalue weighted by Gasteiger charge is -2.20. The van der Waals surface area contributed by atoms with Crippen LogP contribution in [0.25, 0.3) is 0 Å². The van der Waals surface area contributed by atoms with E-state index in [1.54, 1.807) is 24.5 Å². The molecule has 2 atom stereocenters. The normalized spacial score (nSPS) is 28.5. The van der Waals surface area contributed by atoms with Crippen LogP contribution in [0.1, 0.15) is 18.2 Å². The van der Waals surface area contributed by atoms with Gasteiger partial charge in [0.15, 0.2) is 0 Å². The summed E-state index contributed by atoms with van der Waals surface area (Å²) < 4.78 is 0. The molecule has 1 fully saturated rings. The molecule has 1 saturated heterocycles. The van der Waals surface area contributed by atoms with Gasteiger partial charge < -0.3 is 15.6 Å². The van der Waals surface area contributed by atoms with Crippen LogP contribution in [-0.2, 0) is 4.79 Å². The quantitative estimate of drug-likeness (QED) is 0.619. The molecular weight excluding hydrogens is 168 g/mol. The standard InChI is InChI=1S/C8H12N4O/c1-12-7(13)2-5(9)8(12)6-3-10-4-11-6/h3-5,8H,2,9H2,1H3,(H,10,11)/t5-,8-/m0/s1. The van der Waals surface area contributed by atoms with Crippen LogP contribution in [0, 0.1) is 0 Å². The van der Waals surface area contributed by atoms with Gasteiger partial charge in [-0.15, -0.1) is 0 Å². The number of hydrogen-bond acceptors (Lipinski definition) is 3. The summed E-state index contributed by atoms with van der Waals surface area (Å²) in [5.41, 5.74) is 6.74. The zero-order valence-electron chi connectivity index (χ0n) is 7.40. The number of likely N-dealkylation sites (N-methyl/N-ethyl adjacent to an activating group) is 1. The molecule has 1 amide bonds. The maximum Gasteiger partial charge on any atom is 0.224 e. The summed E-state index contributed by atoms with van der Waals surface area (Å²) in [4.78, 5) is 19.9. The average molecular weight is 180 g/mol. The van der Waals surface area contributed by atoms with Crippen LogP contribution in [0.15, 0.2) is 12.5 Å². The minimum absolute atomic E-state index is 0.0463. The Morgan fingerprint density at radius 2 is 2.54 bits per heavy atom. The Bertz CT molecular complexity index is 308. The minimum Gasteiger partial charge on any atom is -0.347 e. The maximum atomic E-state index is 11.3. The number of carbonyl (C=O) groups is 1. The van der Waals surface area contributed by atoms with Crippen molar-refractivity contribution in [1.29, 1.82) is 0 Å². The molecule has 0 aliphatic carbocycles. The Morgan fingerprint density at radius 3 is 3.00 bits per heavy atom. The lowest BCUT2D eigenvalue weighted by Crippen LogP contribution is -2.30. The number of amides is 1.